The number of nitrogen functional groups attached to an aromatic ring is 1. The van der Waals surface area contributed by atoms with Crippen molar-refractivity contribution in [3.8, 4) is 29.0 Å². The molecule has 0 radical (unpaired) electrons. The molecule has 0 bridgehead atoms. The lowest BCUT2D eigenvalue weighted by atomic mass is 10.1. The van der Waals surface area contributed by atoms with Crippen molar-refractivity contribution in [3.05, 3.63) is 215 Å². The first-order valence-corrected chi connectivity index (χ1v) is 23.6. The van der Waals surface area contributed by atoms with Gasteiger partial charge < -0.3 is 45.7 Å². The average molecular weight is 1140 g/mol. The number of hydrogen-bond donors (Lipinski definition) is 7. The molecule has 1 amide bonds. The van der Waals surface area contributed by atoms with Crippen LogP contribution in [0.1, 0.15) is 22.3 Å². The molecule has 414 valence electrons. The zero-order chi connectivity index (χ0) is 58.1. The molecular weight excluding hydrogens is 1090 g/mol. The molecule has 0 aliphatic heterocycles. The molecular formula is C54H41ClF6N12O8. The number of nitro groups is 1. The molecule has 11 aromatic rings. The molecule has 81 heavy (non-hydrogen) atoms. The van der Waals surface area contributed by atoms with Crippen molar-refractivity contribution in [2.24, 2.45) is 0 Å². The van der Waals surface area contributed by atoms with Crippen LogP contribution >= 0.6 is 11.6 Å². The number of fused-ring (bicyclic) bond motifs is 3. The summed E-state index contributed by atoms with van der Waals surface area (Å²) in [5, 5.41) is 32.7. The van der Waals surface area contributed by atoms with E-state index >= 15 is 0 Å². The number of nitrogens with one attached hydrogen (secondary N) is 4. The summed E-state index contributed by atoms with van der Waals surface area (Å²) in [5.74, 6) is 0.582. The third-order valence-electron chi connectivity index (χ3n) is 10.7. The minimum absolute atomic E-state index is 0.0159. The highest BCUT2D eigenvalue weighted by molar-refractivity contribution is 6.33. The first kappa shape index (κ1) is 58.1. The van der Waals surface area contributed by atoms with E-state index in [1.54, 1.807) is 73.2 Å². The van der Waals surface area contributed by atoms with Gasteiger partial charge in [0.15, 0.2) is 0 Å². The van der Waals surface area contributed by atoms with Gasteiger partial charge in [-0.2, -0.15) is 26.3 Å². The third-order valence-corrected chi connectivity index (χ3v) is 11.0. The normalized spacial score (nSPS) is 10.9. The molecule has 0 fully saturated rings. The van der Waals surface area contributed by atoms with Crippen LogP contribution in [0.5, 0.6) is 29.0 Å². The SMILES string of the molecule is Clc1ncnc2[nH]ccc12.Nc1ccc(Oc2ncnc3[nH]ccc23)cc1.O=C(Cc1cccc(C(F)(F)F)c1)Nc1ccc(Oc2ncnc3[nH]ccc23)cc1.O=C(O)Cc1cccc(C(F)(F)F)c1.O=[N+]([O-])c1ccc(O)cc1. The van der Waals surface area contributed by atoms with Gasteiger partial charge in [0.2, 0.25) is 17.7 Å². The standard InChI is InChI=1S/C21H15F3N4O2.C12H10N4O.C9H7F3O2.C6H4ClN3.C6H5NO3/c22-21(23,24)14-3-1-2-13(10-14)11-18(29)28-15-4-6-16(7-5-15)30-20-17-8-9-25-19(17)26-12-27-20;13-8-1-3-9(4-2-8)17-12-10-5-6-14-11(10)15-7-16-12;10-9(11,12)7-3-1-2-6(4-7)5-8(13)14;7-5-4-1-2-8-6(4)10-3-9-5;8-6-3-1-5(2-4-6)7(9)10/h1-10,12H,11H2,(H,28,29)(H,25,26,27);1-7H,13H2,(H,14,15,16);1-4H,5H2,(H,13,14);1-3H,(H,8,9,10);1-4,8H. The summed E-state index contributed by atoms with van der Waals surface area (Å²) < 4.78 is 86.3. The smallest absolute Gasteiger partial charge is 0.416 e. The number of carbonyl (C=O) groups is 2. The third kappa shape index (κ3) is 17.2. The predicted octanol–water partition coefficient (Wildman–Crippen LogP) is 12.5. The fourth-order valence-corrected chi connectivity index (χ4v) is 7.12. The van der Waals surface area contributed by atoms with Crippen molar-refractivity contribution in [2.45, 2.75) is 25.2 Å². The summed E-state index contributed by atoms with van der Waals surface area (Å²) in [7, 11) is 0. The van der Waals surface area contributed by atoms with Gasteiger partial charge in [-0.15, -0.1) is 0 Å². The second-order valence-corrected chi connectivity index (χ2v) is 16.9. The number of aliphatic carboxylic acids is 1. The largest absolute Gasteiger partial charge is 0.508 e. The van der Waals surface area contributed by atoms with Crippen LogP contribution in [0, 0.1) is 10.1 Å². The van der Waals surface area contributed by atoms with Crippen molar-refractivity contribution in [1.82, 2.24) is 44.9 Å². The number of ether oxygens (including phenoxy) is 2. The molecule has 8 N–H and O–H groups in total. The number of amides is 1. The summed E-state index contributed by atoms with van der Waals surface area (Å²) in [4.78, 5) is 65.0. The number of non-ortho nitro benzene ring substituents is 1. The topological polar surface area (TPSA) is 299 Å². The van der Waals surface area contributed by atoms with E-state index in [1.165, 1.54) is 67.5 Å². The monoisotopic (exact) mass is 1130 g/mol. The van der Waals surface area contributed by atoms with E-state index in [1.807, 2.05) is 12.1 Å². The Morgan fingerprint density at radius 2 is 1.05 bits per heavy atom. The van der Waals surface area contributed by atoms with Crippen molar-refractivity contribution in [2.75, 3.05) is 11.1 Å². The zero-order valence-corrected chi connectivity index (χ0v) is 42.1. The Morgan fingerprint density at radius 3 is 1.51 bits per heavy atom. The lowest BCUT2D eigenvalue weighted by Gasteiger charge is -2.10. The van der Waals surface area contributed by atoms with Gasteiger partial charge in [0.25, 0.3) is 5.69 Å². The quantitative estimate of drug-likeness (QED) is 0.0220. The first-order valence-electron chi connectivity index (χ1n) is 23.3. The van der Waals surface area contributed by atoms with E-state index < -0.39 is 46.7 Å². The Balaban J connectivity index is 0.000000158. The van der Waals surface area contributed by atoms with Crippen LogP contribution in [0.15, 0.2) is 177 Å². The average Bonchev–Trinajstić information content (AvgIpc) is 4.28. The highest BCUT2D eigenvalue weighted by Crippen LogP contribution is 2.32. The van der Waals surface area contributed by atoms with Crippen molar-refractivity contribution >= 4 is 73.6 Å². The number of nitrogens with two attached hydrogens (primary N) is 1. The number of halogens is 7. The molecule has 0 spiro atoms. The maximum Gasteiger partial charge on any atom is 0.416 e. The number of nitro benzene ring substituents is 1. The van der Waals surface area contributed by atoms with E-state index in [0.717, 1.165) is 51.7 Å². The fraction of sp³-hybridized carbons (Fsp3) is 0.0741. The van der Waals surface area contributed by atoms with Crippen LogP contribution in [-0.4, -0.2) is 71.9 Å². The van der Waals surface area contributed by atoms with Crippen LogP contribution in [-0.2, 0) is 34.8 Å². The molecule has 0 saturated carbocycles. The number of aromatic nitrogens is 9. The molecule has 0 atom stereocenters. The Labute approximate surface area is 457 Å². The van der Waals surface area contributed by atoms with E-state index in [2.05, 4.69) is 50.2 Å². The fourth-order valence-electron chi connectivity index (χ4n) is 6.92. The van der Waals surface area contributed by atoms with Gasteiger partial charge in [-0.3, -0.25) is 19.7 Å². The maximum absolute atomic E-state index is 12.8. The molecule has 0 aliphatic rings. The number of rotatable bonds is 10. The van der Waals surface area contributed by atoms with Gasteiger partial charge in [-0.1, -0.05) is 48.0 Å². The van der Waals surface area contributed by atoms with Crippen molar-refractivity contribution in [3.63, 3.8) is 0 Å². The summed E-state index contributed by atoms with van der Waals surface area (Å²) in [5.41, 5.74) is 7.79. The molecule has 0 aliphatic carbocycles. The molecule has 0 unspecified atom stereocenters. The highest BCUT2D eigenvalue weighted by atomic mass is 35.5. The number of carboxylic acid groups (broad SMARTS) is 1. The summed E-state index contributed by atoms with van der Waals surface area (Å²) in [6, 6.07) is 33.3. The van der Waals surface area contributed by atoms with E-state index in [9.17, 15) is 46.0 Å². The number of aromatic amines is 3. The van der Waals surface area contributed by atoms with Crippen molar-refractivity contribution in [1.29, 1.82) is 0 Å². The van der Waals surface area contributed by atoms with Crippen LogP contribution < -0.4 is 20.5 Å². The summed E-state index contributed by atoms with van der Waals surface area (Å²) in [6.45, 7) is 0. The minimum atomic E-state index is -4.45. The van der Waals surface area contributed by atoms with Crippen LogP contribution in [0.2, 0.25) is 5.15 Å². The highest BCUT2D eigenvalue weighted by Gasteiger charge is 2.31. The van der Waals surface area contributed by atoms with Gasteiger partial charge in [0, 0.05) is 42.1 Å². The number of phenolic OH excluding ortho intramolecular Hbond substituents is 1. The molecule has 6 heterocycles. The van der Waals surface area contributed by atoms with Crippen LogP contribution in [0.25, 0.3) is 33.1 Å². The molecule has 6 aromatic heterocycles. The lowest BCUT2D eigenvalue weighted by Crippen LogP contribution is -2.15. The Bertz CT molecular complexity index is 3880. The molecule has 5 aromatic carbocycles. The second kappa shape index (κ2) is 26.6. The zero-order valence-electron chi connectivity index (χ0n) is 41.4. The number of alkyl halides is 6. The molecule has 0 saturated heterocycles. The Morgan fingerprint density at radius 1 is 0.605 bits per heavy atom. The van der Waals surface area contributed by atoms with Gasteiger partial charge in [-0.05, 0) is 102 Å². The van der Waals surface area contributed by atoms with E-state index in [4.69, 9.17) is 37.0 Å². The number of aromatic hydroxyl groups is 1. The van der Waals surface area contributed by atoms with Crippen LogP contribution in [0.3, 0.4) is 0 Å². The Hall–Kier alpha value is -10.6. The van der Waals surface area contributed by atoms with Crippen LogP contribution in [0.4, 0.5) is 43.4 Å². The molecule has 20 nitrogen and oxygen atoms in total. The number of carboxylic acids is 1. The van der Waals surface area contributed by atoms with Crippen molar-refractivity contribution < 1.29 is 60.5 Å². The number of H-pyrrole nitrogens is 3. The number of anilines is 2. The lowest BCUT2D eigenvalue weighted by molar-refractivity contribution is -0.384. The van der Waals surface area contributed by atoms with Gasteiger partial charge in [0.1, 0.15) is 58.3 Å². The Kier molecular flexibility index (Phi) is 19.1. The predicted molar refractivity (Wildman–Crippen MR) is 285 cm³/mol. The summed E-state index contributed by atoms with van der Waals surface area (Å²) >= 11 is 5.73. The number of nitrogens with zero attached hydrogens (tertiary/aromatic N) is 7. The number of phenols is 1. The number of benzene rings is 5. The number of hydrogen-bond acceptors (Lipinski definition) is 14. The summed E-state index contributed by atoms with van der Waals surface area (Å²) in [6.07, 6.45) is 0.157. The maximum atomic E-state index is 12.8. The second-order valence-electron chi connectivity index (χ2n) is 16.5. The van der Waals surface area contributed by atoms with E-state index in [-0.39, 0.29) is 29.0 Å². The molecule has 27 heteroatoms. The van der Waals surface area contributed by atoms with Gasteiger partial charge >= 0.3 is 18.3 Å². The van der Waals surface area contributed by atoms with Gasteiger partial charge in [0.05, 0.1) is 45.1 Å². The van der Waals surface area contributed by atoms with E-state index in [0.29, 0.717) is 45.4 Å². The van der Waals surface area contributed by atoms with Gasteiger partial charge in [-0.25, -0.2) is 29.9 Å². The minimum Gasteiger partial charge on any atom is -0.508 e. The molecule has 11 rings (SSSR count). The number of carbonyl (C=O) groups excluding carboxylic acids is 1. The first-order chi connectivity index (χ1) is 38.7.